The van der Waals surface area contributed by atoms with Crippen LogP contribution in [0, 0.1) is 17.3 Å². The summed E-state index contributed by atoms with van der Waals surface area (Å²) < 4.78 is 0. The molecule has 2 nitrogen and oxygen atoms in total. The molecular formula is C11H21NO. The van der Waals surface area contributed by atoms with Crippen LogP contribution in [0.5, 0.6) is 0 Å². The Morgan fingerprint density at radius 3 is 2.23 bits per heavy atom. The average Bonchev–Trinajstić information content (AvgIpc) is 2.01. The molecular weight excluding hydrogens is 162 g/mol. The van der Waals surface area contributed by atoms with E-state index in [1.165, 1.54) is 6.42 Å². The highest BCUT2D eigenvalue weighted by Gasteiger charge is 2.62. The molecule has 0 aliphatic heterocycles. The Morgan fingerprint density at radius 1 is 1.23 bits per heavy atom. The first-order valence-corrected chi connectivity index (χ1v) is 5.30. The fourth-order valence-electron chi connectivity index (χ4n) is 3.58. The van der Waals surface area contributed by atoms with Gasteiger partial charge in [-0.15, -0.1) is 0 Å². The van der Waals surface area contributed by atoms with Crippen molar-refractivity contribution in [2.24, 2.45) is 17.3 Å². The predicted molar refractivity (Wildman–Crippen MR) is 53.5 cm³/mol. The van der Waals surface area contributed by atoms with E-state index < -0.39 is 5.60 Å². The van der Waals surface area contributed by atoms with Gasteiger partial charge in [0.25, 0.3) is 0 Å². The summed E-state index contributed by atoms with van der Waals surface area (Å²) in [6, 6.07) is 0.296. The maximum atomic E-state index is 10.4. The lowest BCUT2D eigenvalue weighted by Crippen LogP contribution is -2.69. The number of rotatable bonds is 1. The molecule has 4 atom stereocenters. The van der Waals surface area contributed by atoms with E-state index in [-0.39, 0.29) is 0 Å². The lowest BCUT2D eigenvalue weighted by molar-refractivity contribution is -0.208. The molecule has 0 aromatic rings. The van der Waals surface area contributed by atoms with Gasteiger partial charge in [0.05, 0.1) is 5.60 Å². The number of fused-ring (bicyclic) bond motifs is 2. The zero-order valence-corrected chi connectivity index (χ0v) is 9.09. The standard InChI is InChI=1S/C11H21NO/c1-10(2)7-5-8(10)11(3,13)9(6-7)12-4/h7-9,12-13H,5-6H2,1-4H3/t7-,8-,9+,11+/m0/s1. The highest BCUT2D eigenvalue weighted by atomic mass is 16.3. The molecule has 2 heteroatoms. The first-order chi connectivity index (χ1) is 5.90. The van der Waals surface area contributed by atoms with Crippen molar-refractivity contribution in [3.05, 3.63) is 0 Å². The third-order valence-corrected chi connectivity index (χ3v) is 4.75. The lowest BCUT2D eigenvalue weighted by atomic mass is 9.43. The Balaban J connectivity index is 2.23. The van der Waals surface area contributed by atoms with Crippen molar-refractivity contribution in [2.45, 2.75) is 45.3 Å². The van der Waals surface area contributed by atoms with E-state index in [2.05, 4.69) is 19.2 Å². The summed E-state index contributed by atoms with van der Waals surface area (Å²) in [5.74, 6) is 1.30. The Bertz CT molecular complexity index is 222. The molecule has 0 heterocycles. The van der Waals surface area contributed by atoms with Crippen molar-refractivity contribution in [1.29, 1.82) is 0 Å². The highest BCUT2D eigenvalue weighted by molar-refractivity contribution is 5.14. The van der Waals surface area contributed by atoms with Crippen LogP contribution >= 0.6 is 0 Å². The van der Waals surface area contributed by atoms with Crippen LogP contribution in [0.25, 0.3) is 0 Å². The minimum absolute atomic E-state index is 0.296. The third kappa shape index (κ3) is 1.02. The van der Waals surface area contributed by atoms with Crippen molar-refractivity contribution in [3.8, 4) is 0 Å². The maximum absolute atomic E-state index is 10.4. The minimum Gasteiger partial charge on any atom is -0.388 e. The van der Waals surface area contributed by atoms with E-state index in [1.54, 1.807) is 0 Å². The van der Waals surface area contributed by atoms with Crippen molar-refractivity contribution in [3.63, 3.8) is 0 Å². The van der Waals surface area contributed by atoms with E-state index in [9.17, 15) is 5.11 Å². The number of likely N-dealkylation sites (N-methyl/N-ethyl adjacent to an activating group) is 1. The molecule has 0 amide bonds. The second-order valence-electron chi connectivity index (χ2n) is 5.61. The van der Waals surface area contributed by atoms with Gasteiger partial charge in [-0.3, -0.25) is 0 Å². The van der Waals surface area contributed by atoms with E-state index in [0.717, 1.165) is 12.3 Å². The molecule has 0 spiro atoms. The Hall–Kier alpha value is -0.0800. The van der Waals surface area contributed by atoms with Gasteiger partial charge in [-0.1, -0.05) is 13.8 Å². The highest BCUT2D eigenvalue weighted by Crippen LogP contribution is 2.62. The van der Waals surface area contributed by atoms with Crippen LogP contribution < -0.4 is 5.32 Å². The van der Waals surface area contributed by atoms with Crippen molar-refractivity contribution in [1.82, 2.24) is 5.32 Å². The van der Waals surface area contributed by atoms with Crippen LogP contribution in [0.3, 0.4) is 0 Å². The molecule has 3 fully saturated rings. The zero-order valence-electron chi connectivity index (χ0n) is 9.09. The molecule has 3 rings (SSSR count). The second-order valence-corrected chi connectivity index (χ2v) is 5.61. The van der Waals surface area contributed by atoms with Crippen LogP contribution in [-0.4, -0.2) is 23.8 Å². The summed E-state index contributed by atoms with van der Waals surface area (Å²) in [6.07, 6.45) is 2.35. The Kier molecular flexibility index (Phi) is 1.81. The largest absolute Gasteiger partial charge is 0.388 e. The molecule has 0 saturated heterocycles. The molecule has 3 aliphatic rings. The van der Waals surface area contributed by atoms with Crippen molar-refractivity contribution in [2.75, 3.05) is 7.05 Å². The van der Waals surface area contributed by atoms with Gasteiger partial charge in [-0.2, -0.15) is 0 Å². The summed E-state index contributed by atoms with van der Waals surface area (Å²) in [7, 11) is 1.96. The SMILES string of the molecule is CN[C@@H]1C[C@@H]2C[C@@H](C2(C)C)[C@@]1(C)O. The lowest BCUT2D eigenvalue weighted by Gasteiger charge is -2.65. The fraction of sp³-hybridized carbons (Fsp3) is 1.00. The molecule has 0 aromatic carbocycles. The summed E-state index contributed by atoms with van der Waals surface area (Å²) in [6.45, 7) is 6.59. The van der Waals surface area contributed by atoms with Gasteiger partial charge in [0, 0.05) is 6.04 Å². The predicted octanol–water partition coefficient (Wildman–Crippen LogP) is 1.39. The van der Waals surface area contributed by atoms with Gasteiger partial charge in [0.1, 0.15) is 0 Å². The normalized spacial score (nSPS) is 52.8. The first kappa shape index (κ1) is 9.47. The van der Waals surface area contributed by atoms with Gasteiger partial charge < -0.3 is 10.4 Å². The van der Waals surface area contributed by atoms with Gasteiger partial charge in [0.15, 0.2) is 0 Å². The van der Waals surface area contributed by atoms with Gasteiger partial charge >= 0.3 is 0 Å². The van der Waals surface area contributed by atoms with E-state index in [1.807, 2.05) is 14.0 Å². The Morgan fingerprint density at radius 2 is 1.85 bits per heavy atom. The average molecular weight is 183 g/mol. The molecule has 0 unspecified atom stereocenters. The van der Waals surface area contributed by atoms with E-state index in [0.29, 0.717) is 17.4 Å². The summed E-state index contributed by atoms with van der Waals surface area (Å²) in [5.41, 5.74) is -0.149. The number of aliphatic hydroxyl groups is 1. The summed E-state index contributed by atoms with van der Waals surface area (Å²) in [4.78, 5) is 0. The van der Waals surface area contributed by atoms with Crippen LogP contribution in [0.2, 0.25) is 0 Å². The fourth-order valence-corrected chi connectivity index (χ4v) is 3.58. The molecule has 3 saturated carbocycles. The molecule has 76 valence electrons. The quantitative estimate of drug-likeness (QED) is 0.644. The van der Waals surface area contributed by atoms with Crippen LogP contribution in [0.4, 0.5) is 0 Å². The monoisotopic (exact) mass is 183 g/mol. The van der Waals surface area contributed by atoms with Crippen molar-refractivity contribution < 1.29 is 5.11 Å². The smallest absolute Gasteiger partial charge is 0.0805 e. The molecule has 2 bridgehead atoms. The molecule has 0 radical (unpaired) electrons. The summed E-state index contributed by atoms with van der Waals surface area (Å²) >= 11 is 0. The number of hydrogen-bond donors (Lipinski definition) is 2. The second kappa shape index (κ2) is 2.48. The van der Waals surface area contributed by atoms with E-state index in [4.69, 9.17) is 0 Å². The number of hydrogen-bond acceptors (Lipinski definition) is 2. The third-order valence-electron chi connectivity index (χ3n) is 4.75. The van der Waals surface area contributed by atoms with Crippen LogP contribution in [0.15, 0.2) is 0 Å². The molecule has 3 aliphatic carbocycles. The van der Waals surface area contributed by atoms with Gasteiger partial charge in [-0.25, -0.2) is 0 Å². The van der Waals surface area contributed by atoms with Crippen molar-refractivity contribution >= 4 is 0 Å². The molecule has 0 aromatic heterocycles. The first-order valence-electron chi connectivity index (χ1n) is 5.30. The molecule has 13 heavy (non-hydrogen) atoms. The Labute approximate surface area is 80.7 Å². The van der Waals surface area contributed by atoms with Gasteiger partial charge in [0.2, 0.25) is 0 Å². The van der Waals surface area contributed by atoms with E-state index >= 15 is 0 Å². The van der Waals surface area contributed by atoms with Crippen LogP contribution in [0.1, 0.15) is 33.6 Å². The molecule has 2 N–H and O–H groups in total. The zero-order chi connectivity index (χ0) is 9.85. The maximum Gasteiger partial charge on any atom is 0.0805 e. The summed E-state index contributed by atoms with van der Waals surface area (Å²) in [5, 5.41) is 13.7. The van der Waals surface area contributed by atoms with Crippen LogP contribution in [-0.2, 0) is 0 Å². The topological polar surface area (TPSA) is 32.3 Å². The minimum atomic E-state index is -0.507. The number of nitrogens with one attached hydrogen (secondary N) is 1. The van der Waals surface area contributed by atoms with Gasteiger partial charge in [-0.05, 0) is 44.1 Å².